The van der Waals surface area contributed by atoms with E-state index in [9.17, 15) is 4.79 Å². The molecule has 4 aromatic rings. The van der Waals surface area contributed by atoms with Crippen molar-refractivity contribution in [3.05, 3.63) is 47.9 Å². The van der Waals surface area contributed by atoms with Gasteiger partial charge in [-0.15, -0.1) is 11.3 Å². The molecule has 0 saturated heterocycles. The number of aromatic amines is 1. The van der Waals surface area contributed by atoms with Crippen molar-refractivity contribution in [1.82, 2.24) is 19.6 Å². The first-order valence-electron chi connectivity index (χ1n) is 6.42. The maximum Gasteiger partial charge on any atom is 0.230 e. The minimum Gasteiger partial charge on any atom is -0.326 e. The molecule has 0 radical (unpaired) electrons. The van der Waals surface area contributed by atoms with Gasteiger partial charge in [-0.25, -0.2) is 4.98 Å². The molecular weight excluding hydrogens is 286 g/mol. The van der Waals surface area contributed by atoms with E-state index in [0.717, 1.165) is 27.2 Å². The molecule has 2 N–H and O–H groups in total. The summed E-state index contributed by atoms with van der Waals surface area (Å²) in [7, 11) is 0. The van der Waals surface area contributed by atoms with Crippen LogP contribution in [0.3, 0.4) is 0 Å². The number of benzene rings is 1. The lowest BCUT2D eigenvalue weighted by Crippen LogP contribution is -2.14. The van der Waals surface area contributed by atoms with E-state index in [1.807, 2.05) is 40.4 Å². The number of hydrogen-bond donors (Lipinski definition) is 2. The summed E-state index contributed by atoms with van der Waals surface area (Å²) in [4.78, 5) is 17.4. The minimum atomic E-state index is -0.0800. The molecule has 1 aromatic carbocycles. The van der Waals surface area contributed by atoms with Crippen molar-refractivity contribution in [3.63, 3.8) is 0 Å². The largest absolute Gasteiger partial charge is 0.326 e. The Morgan fingerprint density at radius 1 is 1.43 bits per heavy atom. The zero-order valence-corrected chi connectivity index (χ0v) is 11.7. The Bertz CT molecular complexity index is 906. The SMILES string of the molecule is O=C(Cc1cn2ccsc2n1)Nc1ccc2[nH]ncc2c1. The van der Waals surface area contributed by atoms with Gasteiger partial charge in [0, 0.05) is 28.8 Å². The molecule has 0 aliphatic rings. The van der Waals surface area contributed by atoms with Crippen LogP contribution in [0.1, 0.15) is 5.69 Å². The van der Waals surface area contributed by atoms with E-state index in [1.165, 1.54) is 0 Å². The number of hydrogen-bond acceptors (Lipinski definition) is 4. The van der Waals surface area contributed by atoms with Crippen LogP contribution in [-0.2, 0) is 11.2 Å². The third kappa shape index (κ3) is 2.27. The Morgan fingerprint density at radius 2 is 2.38 bits per heavy atom. The highest BCUT2D eigenvalue weighted by atomic mass is 32.1. The number of nitrogens with one attached hydrogen (secondary N) is 2. The lowest BCUT2D eigenvalue weighted by Gasteiger charge is -2.03. The summed E-state index contributed by atoms with van der Waals surface area (Å²) >= 11 is 1.55. The molecule has 4 rings (SSSR count). The number of nitrogens with zero attached hydrogens (tertiary/aromatic N) is 3. The predicted molar refractivity (Wildman–Crippen MR) is 81.5 cm³/mol. The van der Waals surface area contributed by atoms with Gasteiger partial charge in [-0.1, -0.05) is 0 Å². The van der Waals surface area contributed by atoms with Gasteiger partial charge in [0.15, 0.2) is 4.96 Å². The van der Waals surface area contributed by atoms with Gasteiger partial charge in [0.1, 0.15) is 0 Å². The van der Waals surface area contributed by atoms with Crippen LogP contribution < -0.4 is 5.32 Å². The quantitative estimate of drug-likeness (QED) is 0.610. The molecule has 21 heavy (non-hydrogen) atoms. The molecule has 0 bridgehead atoms. The van der Waals surface area contributed by atoms with Crippen molar-refractivity contribution in [2.24, 2.45) is 0 Å². The predicted octanol–water partition coefficient (Wildman–Crippen LogP) is 2.45. The van der Waals surface area contributed by atoms with Crippen molar-refractivity contribution in [2.75, 3.05) is 5.32 Å². The summed E-state index contributed by atoms with van der Waals surface area (Å²) in [6.07, 6.45) is 5.80. The highest BCUT2D eigenvalue weighted by Gasteiger charge is 2.09. The Kier molecular flexibility index (Phi) is 2.71. The number of fused-ring (bicyclic) bond motifs is 2. The summed E-state index contributed by atoms with van der Waals surface area (Å²) in [5.41, 5.74) is 2.47. The molecule has 0 aliphatic carbocycles. The average molecular weight is 297 g/mol. The summed E-state index contributed by atoms with van der Waals surface area (Å²) in [6, 6.07) is 5.64. The molecule has 104 valence electrons. The van der Waals surface area contributed by atoms with Crippen LogP contribution in [0.2, 0.25) is 0 Å². The lowest BCUT2D eigenvalue weighted by atomic mass is 10.2. The number of carbonyl (C=O) groups excluding carboxylic acids is 1. The van der Waals surface area contributed by atoms with Crippen LogP contribution in [0.25, 0.3) is 15.9 Å². The Labute approximate surface area is 123 Å². The molecule has 1 amide bonds. The highest BCUT2D eigenvalue weighted by Crippen LogP contribution is 2.17. The van der Waals surface area contributed by atoms with E-state index in [-0.39, 0.29) is 12.3 Å². The van der Waals surface area contributed by atoms with Crippen molar-refractivity contribution < 1.29 is 4.79 Å². The van der Waals surface area contributed by atoms with Gasteiger partial charge in [0.2, 0.25) is 5.91 Å². The summed E-state index contributed by atoms with van der Waals surface area (Å²) in [6.45, 7) is 0. The third-order valence-electron chi connectivity index (χ3n) is 3.21. The molecule has 0 saturated carbocycles. The first-order valence-corrected chi connectivity index (χ1v) is 7.30. The fourth-order valence-corrected chi connectivity index (χ4v) is 2.97. The van der Waals surface area contributed by atoms with Gasteiger partial charge >= 0.3 is 0 Å². The van der Waals surface area contributed by atoms with Crippen molar-refractivity contribution >= 4 is 38.8 Å². The second-order valence-electron chi connectivity index (χ2n) is 4.72. The molecule has 6 nitrogen and oxygen atoms in total. The molecule has 3 heterocycles. The third-order valence-corrected chi connectivity index (χ3v) is 3.98. The van der Waals surface area contributed by atoms with Gasteiger partial charge in [-0.2, -0.15) is 5.10 Å². The van der Waals surface area contributed by atoms with E-state index >= 15 is 0 Å². The van der Waals surface area contributed by atoms with Gasteiger partial charge in [-0.05, 0) is 18.2 Å². The summed E-state index contributed by atoms with van der Waals surface area (Å²) < 4.78 is 1.92. The van der Waals surface area contributed by atoms with Crippen molar-refractivity contribution in [1.29, 1.82) is 0 Å². The van der Waals surface area contributed by atoms with E-state index in [0.29, 0.717) is 0 Å². The topological polar surface area (TPSA) is 75.1 Å². The van der Waals surface area contributed by atoms with Gasteiger partial charge in [0.05, 0.1) is 23.8 Å². The monoisotopic (exact) mass is 297 g/mol. The number of carbonyl (C=O) groups is 1. The number of rotatable bonds is 3. The fraction of sp³-hybridized carbons (Fsp3) is 0.0714. The van der Waals surface area contributed by atoms with E-state index in [2.05, 4.69) is 20.5 Å². The van der Waals surface area contributed by atoms with Gasteiger partial charge < -0.3 is 5.32 Å². The molecule has 0 atom stereocenters. The summed E-state index contributed by atoms with van der Waals surface area (Å²) in [5.74, 6) is -0.0800. The molecule has 0 unspecified atom stereocenters. The Morgan fingerprint density at radius 3 is 3.29 bits per heavy atom. The molecule has 7 heteroatoms. The second kappa shape index (κ2) is 4.71. The van der Waals surface area contributed by atoms with Crippen LogP contribution >= 0.6 is 11.3 Å². The summed E-state index contributed by atoms with van der Waals surface area (Å²) in [5, 5.41) is 12.7. The number of H-pyrrole nitrogens is 1. The number of anilines is 1. The molecule has 0 aliphatic heterocycles. The standard InChI is InChI=1S/C14H11N5OS/c20-13(6-11-8-19-3-4-21-14(19)17-11)16-10-1-2-12-9(5-10)7-15-18-12/h1-5,7-8H,6H2,(H,15,18)(H,16,20). The maximum atomic E-state index is 12.1. The Hall–Kier alpha value is -2.67. The van der Waals surface area contributed by atoms with E-state index in [1.54, 1.807) is 17.5 Å². The minimum absolute atomic E-state index is 0.0800. The van der Waals surface area contributed by atoms with Crippen molar-refractivity contribution in [2.45, 2.75) is 6.42 Å². The Balaban J connectivity index is 1.50. The second-order valence-corrected chi connectivity index (χ2v) is 5.60. The average Bonchev–Trinajstić information content (AvgIpc) is 3.12. The highest BCUT2D eigenvalue weighted by molar-refractivity contribution is 7.15. The molecule has 0 spiro atoms. The molecular formula is C14H11N5OS. The number of imidazole rings is 1. The zero-order chi connectivity index (χ0) is 14.2. The van der Waals surface area contributed by atoms with Crippen LogP contribution in [0.15, 0.2) is 42.2 Å². The molecule has 0 fully saturated rings. The number of amides is 1. The van der Waals surface area contributed by atoms with Crippen LogP contribution in [-0.4, -0.2) is 25.5 Å². The van der Waals surface area contributed by atoms with Crippen LogP contribution in [0.4, 0.5) is 5.69 Å². The fourth-order valence-electron chi connectivity index (χ4n) is 2.25. The van der Waals surface area contributed by atoms with Crippen molar-refractivity contribution in [3.8, 4) is 0 Å². The van der Waals surface area contributed by atoms with Crippen LogP contribution in [0, 0.1) is 0 Å². The van der Waals surface area contributed by atoms with E-state index < -0.39 is 0 Å². The lowest BCUT2D eigenvalue weighted by molar-refractivity contribution is -0.115. The normalized spacial score (nSPS) is 11.2. The first-order chi connectivity index (χ1) is 10.3. The van der Waals surface area contributed by atoms with Crippen LogP contribution in [0.5, 0.6) is 0 Å². The first kappa shape index (κ1) is 12.1. The maximum absolute atomic E-state index is 12.1. The zero-order valence-electron chi connectivity index (χ0n) is 10.9. The van der Waals surface area contributed by atoms with Gasteiger partial charge in [-0.3, -0.25) is 14.3 Å². The number of aromatic nitrogens is 4. The van der Waals surface area contributed by atoms with E-state index in [4.69, 9.17) is 0 Å². The van der Waals surface area contributed by atoms with Gasteiger partial charge in [0.25, 0.3) is 0 Å². The molecule has 3 aromatic heterocycles. The number of thiazole rings is 1. The smallest absolute Gasteiger partial charge is 0.230 e.